The SMILES string of the molecule is CC(C)c1ccc(C(=O)Cn2cc(Cl)c(=O)[nH]c2=O)cc1. The second-order valence-corrected chi connectivity index (χ2v) is 5.47. The zero-order valence-electron chi connectivity index (χ0n) is 11.7. The minimum absolute atomic E-state index is 0.127. The number of halogens is 1. The van der Waals surface area contributed by atoms with Crippen molar-refractivity contribution in [3.05, 3.63) is 67.4 Å². The van der Waals surface area contributed by atoms with E-state index in [4.69, 9.17) is 11.6 Å². The molecule has 0 atom stereocenters. The second kappa shape index (κ2) is 6.10. The topological polar surface area (TPSA) is 71.9 Å². The molecule has 0 unspecified atom stereocenters. The highest BCUT2D eigenvalue weighted by atomic mass is 35.5. The molecule has 5 nitrogen and oxygen atoms in total. The molecule has 1 N–H and O–H groups in total. The number of hydrogen-bond donors (Lipinski definition) is 1. The number of aromatic amines is 1. The molecule has 0 saturated carbocycles. The summed E-state index contributed by atoms with van der Waals surface area (Å²) in [5.41, 5.74) is 0.327. The van der Waals surface area contributed by atoms with Gasteiger partial charge in [0.1, 0.15) is 5.02 Å². The lowest BCUT2D eigenvalue weighted by Gasteiger charge is -2.07. The number of benzene rings is 1. The number of ketones is 1. The Kier molecular flexibility index (Phi) is 4.43. The van der Waals surface area contributed by atoms with Gasteiger partial charge < -0.3 is 0 Å². The van der Waals surface area contributed by atoms with Gasteiger partial charge in [0.25, 0.3) is 5.56 Å². The number of nitrogens with one attached hydrogen (secondary N) is 1. The van der Waals surface area contributed by atoms with Crippen molar-refractivity contribution in [3.8, 4) is 0 Å². The van der Waals surface area contributed by atoms with Crippen LogP contribution < -0.4 is 11.2 Å². The van der Waals surface area contributed by atoms with Crippen molar-refractivity contribution in [2.45, 2.75) is 26.3 Å². The zero-order chi connectivity index (χ0) is 15.6. The van der Waals surface area contributed by atoms with Crippen LogP contribution >= 0.6 is 11.6 Å². The number of nitrogens with zero attached hydrogens (tertiary/aromatic N) is 1. The maximum Gasteiger partial charge on any atom is 0.328 e. The van der Waals surface area contributed by atoms with Crippen molar-refractivity contribution in [1.82, 2.24) is 9.55 Å². The largest absolute Gasteiger partial charge is 0.328 e. The predicted molar refractivity (Wildman–Crippen MR) is 81.2 cm³/mol. The van der Waals surface area contributed by atoms with Gasteiger partial charge in [-0.1, -0.05) is 49.7 Å². The minimum atomic E-state index is -0.661. The van der Waals surface area contributed by atoms with E-state index in [1.165, 1.54) is 6.20 Å². The highest BCUT2D eigenvalue weighted by Crippen LogP contribution is 2.15. The Balaban J connectivity index is 2.24. The maximum absolute atomic E-state index is 12.1. The van der Waals surface area contributed by atoms with Gasteiger partial charge in [0, 0.05) is 11.8 Å². The van der Waals surface area contributed by atoms with Crippen LogP contribution in [0.3, 0.4) is 0 Å². The van der Waals surface area contributed by atoms with E-state index in [1.54, 1.807) is 12.1 Å². The molecular weight excluding hydrogens is 292 g/mol. The van der Waals surface area contributed by atoms with Crippen LogP contribution in [-0.2, 0) is 6.54 Å². The predicted octanol–water partition coefficient (Wildman–Crippen LogP) is 2.20. The van der Waals surface area contributed by atoms with E-state index in [9.17, 15) is 14.4 Å². The average Bonchev–Trinajstić information content (AvgIpc) is 2.44. The summed E-state index contributed by atoms with van der Waals surface area (Å²) in [4.78, 5) is 37.0. The Morgan fingerprint density at radius 1 is 1.24 bits per heavy atom. The molecule has 0 saturated heterocycles. The molecule has 6 heteroatoms. The van der Waals surface area contributed by atoms with Crippen molar-refractivity contribution in [2.24, 2.45) is 0 Å². The van der Waals surface area contributed by atoms with Crippen LogP contribution in [0.25, 0.3) is 0 Å². The first-order valence-corrected chi connectivity index (χ1v) is 6.88. The van der Waals surface area contributed by atoms with E-state index in [2.05, 4.69) is 18.8 Å². The van der Waals surface area contributed by atoms with Gasteiger partial charge in [-0.3, -0.25) is 19.1 Å². The highest BCUT2D eigenvalue weighted by molar-refractivity contribution is 6.30. The first kappa shape index (κ1) is 15.3. The summed E-state index contributed by atoms with van der Waals surface area (Å²) >= 11 is 5.66. The second-order valence-electron chi connectivity index (χ2n) is 5.06. The molecule has 0 amide bonds. The molecule has 0 aliphatic rings. The zero-order valence-corrected chi connectivity index (χ0v) is 12.5. The van der Waals surface area contributed by atoms with Crippen molar-refractivity contribution in [3.63, 3.8) is 0 Å². The van der Waals surface area contributed by atoms with E-state index in [-0.39, 0.29) is 17.4 Å². The van der Waals surface area contributed by atoms with Crippen LogP contribution in [0, 0.1) is 0 Å². The molecule has 1 aromatic heterocycles. The standard InChI is InChI=1S/C15H15ClN2O3/c1-9(2)10-3-5-11(6-4-10)13(19)8-18-7-12(16)14(20)17-15(18)21/h3-7,9H,8H2,1-2H3,(H,17,20,21). The van der Waals surface area contributed by atoms with E-state index in [0.29, 0.717) is 11.5 Å². The number of H-pyrrole nitrogens is 1. The Morgan fingerprint density at radius 3 is 2.43 bits per heavy atom. The van der Waals surface area contributed by atoms with Crippen LogP contribution in [0.15, 0.2) is 40.1 Å². The van der Waals surface area contributed by atoms with Gasteiger partial charge in [-0.15, -0.1) is 0 Å². The van der Waals surface area contributed by atoms with Crippen LogP contribution in [0.4, 0.5) is 0 Å². The summed E-state index contributed by atoms with van der Waals surface area (Å²) < 4.78 is 1.09. The number of carbonyl (C=O) groups is 1. The number of Topliss-reactive ketones (excluding diaryl/α,β-unsaturated/α-hetero) is 1. The lowest BCUT2D eigenvalue weighted by atomic mass is 10.0. The Morgan fingerprint density at radius 2 is 1.86 bits per heavy atom. The molecule has 1 aromatic carbocycles. The smallest absolute Gasteiger partial charge is 0.292 e. The van der Waals surface area contributed by atoms with Crippen LogP contribution in [0.5, 0.6) is 0 Å². The third kappa shape index (κ3) is 3.49. The number of carbonyl (C=O) groups excluding carboxylic acids is 1. The Hall–Kier alpha value is -2.14. The van der Waals surface area contributed by atoms with Gasteiger partial charge in [-0.25, -0.2) is 4.79 Å². The molecule has 0 aliphatic heterocycles. The first-order valence-electron chi connectivity index (χ1n) is 6.51. The summed E-state index contributed by atoms with van der Waals surface area (Å²) in [6.45, 7) is 3.97. The number of rotatable bonds is 4. The van der Waals surface area contributed by atoms with Gasteiger partial charge in [0.15, 0.2) is 5.78 Å². The summed E-state index contributed by atoms with van der Waals surface area (Å²) in [6, 6.07) is 7.24. The van der Waals surface area contributed by atoms with E-state index in [0.717, 1.165) is 10.1 Å². The lowest BCUT2D eigenvalue weighted by Crippen LogP contribution is -2.31. The molecular formula is C15H15ClN2O3. The number of hydrogen-bond acceptors (Lipinski definition) is 3. The molecule has 0 radical (unpaired) electrons. The van der Waals surface area contributed by atoms with Gasteiger partial charge in [-0.05, 0) is 11.5 Å². The average molecular weight is 307 g/mol. The fourth-order valence-corrected chi connectivity index (χ4v) is 2.07. The van der Waals surface area contributed by atoms with E-state index >= 15 is 0 Å². The maximum atomic E-state index is 12.1. The lowest BCUT2D eigenvalue weighted by molar-refractivity contribution is 0.0970. The normalized spacial score (nSPS) is 10.9. The van der Waals surface area contributed by atoms with Crippen LogP contribution in [0.1, 0.15) is 35.7 Å². The van der Waals surface area contributed by atoms with Gasteiger partial charge >= 0.3 is 5.69 Å². The van der Waals surface area contributed by atoms with Crippen LogP contribution in [0.2, 0.25) is 5.02 Å². The molecule has 0 aliphatic carbocycles. The molecule has 110 valence electrons. The third-order valence-electron chi connectivity index (χ3n) is 3.18. The summed E-state index contributed by atoms with van der Waals surface area (Å²) in [5, 5.41) is -0.127. The summed E-state index contributed by atoms with van der Waals surface area (Å²) in [5.74, 6) is 0.158. The molecule has 0 fully saturated rings. The fourth-order valence-electron chi connectivity index (χ4n) is 1.90. The molecule has 2 rings (SSSR count). The van der Waals surface area contributed by atoms with E-state index < -0.39 is 11.2 Å². The minimum Gasteiger partial charge on any atom is -0.292 e. The van der Waals surface area contributed by atoms with Crippen molar-refractivity contribution in [2.75, 3.05) is 0 Å². The summed E-state index contributed by atoms with van der Waals surface area (Å²) in [6.07, 6.45) is 1.17. The highest BCUT2D eigenvalue weighted by Gasteiger charge is 2.10. The van der Waals surface area contributed by atoms with Gasteiger partial charge in [-0.2, -0.15) is 0 Å². The summed E-state index contributed by atoms with van der Waals surface area (Å²) in [7, 11) is 0. The van der Waals surface area contributed by atoms with Gasteiger partial charge in [0.05, 0.1) is 6.54 Å². The van der Waals surface area contributed by atoms with Gasteiger partial charge in [0.2, 0.25) is 0 Å². The monoisotopic (exact) mass is 306 g/mol. The Labute approximate surface area is 126 Å². The number of aromatic nitrogens is 2. The Bertz CT molecular complexity index is 773. The van der Waals surface area contributed by atoms with Crippen LogP contribution in [-0.4, -0.2) is 15.3 Å². The quantitative estimate of drug-likeness (QED) is 0.880. The molecule has 0 spiro atoms. The molecule has 2 aromatic rings. The third-order valence-corrected chi connectivity index (χ3v) is 3.45. The van der Waals surface area contributed by atoms with Crippen molar-refractivity contribution >= 4 is 17.4 Å². The molecule has 1 heterocycles. The van der Waals surface area contributed by atoms with Crippen molar-refractivity contribution < 1.29 is 4.79 Å². The first-order chi connectivity index (χ1) is 9.88. The van der Waals surface area contributed by atoms with Crippen molar-refractivity contribution in [1.29, 1.82) is 0 Å². The fraction of sp³-hybridized carbons (Fsp3) is 0.267. The molecule has 0 bridgehead atoms. The van der Waals surface area contributed by atoms with E-state index in [1.807, 2.05) is 12.1 Å². The molecule has 21 heavy (non-hydrogen) atoms.